The summed E-state index contributed by atoms with van der Waals surface area (Å²) in [5, 5.41) is 0. The van der Waals surface area contributed by atoms with E-state index in [0.717, 1.165) is 37.4 Å². The van der Waals surface area contributed by atoms with Crippen molar-refractivity contribution in [3.05, 3.63) is 21.4 Å². The molecule has 5 heteroatoms. The van der Waals surface area contributed by atoms with Crippen LogP contribution in [-0.4, -0.2) is 36.5 Å². The molecule has 1 saturated heterocycles. The van der Waals surface area contributed by atoms with Crippen molar-refractivity contribution in [3.63, 3.8) is 0 Å². The molecule has 0 aromatic carbocycles. The monoisotopic (exact) mass is 294 g/mol. The second-order valence-electron chi connectivity index (χ2n) is 6.47. The van der Waals surface area contributed by atoms with E-state index >= 15 is 0 Å². The van der Waals surface area contributed by atoms with E-state index in [0.29, 0.717) is 6.61 Å². The lowest BCUT2D eigenvalue weighted by Crippen LogP contribution is -2.53. The first-order valence-electron chi connectivity index (χ1n) is 7.21. The van der Waals surface area contributed by atoms with Gasteiger partial charge in [0.2, 0.25) is 0 Å². The molecule has 0 saturated carbocycles. The van der Waals surface area contributed by atoms with E-state index in [4.69, 9.17) is 10.5 Å². The number of likely N-dealkylation sites (tertiary alicyclic amines) is 1. The number of ether oxygens (including phenoxy) is 1. The van der Waals surface area contributed by atoms with Gasteiger partial charge in [0.15, 0.2) is 0 Å². The third-order valence-electron chi connectivity index (χ3n) is 4.44. The van der Waals surface area contributed by atoms with Crippen molar-refractivity contribution < 1.29 is 9.53 Å². The molecule has 3 rings (SSSR count). The highest BCUT2D eigenvalue weighted by atomic mass is 32.1. The molecule has 1 aromatic heterocycles. The lowest BCUT2D eigenvalue weighted by Gasteiger charge is -2.42. The fourth-order valence-corrected chi connectivity index (χ4v) is 4.07. The summed E-state index contributed by atoms with van der Waals surface area (Å²) < 4.78 is 5.45. The number of nitrogens with zero attached hydrogens (tertiary/aromatic N) is 1. The summed E-state index contributed by atoms with van der Waals surface area (Å²) in [5.74, 6) is 0.157. The van der Waals surface area contributed by atoms with E-state index in [9.17, 15) is 4.79 Å². The highest BCUT2D eigenvalue weighted by molar-refractivity contribution is 7.14. The summed E-state index contributed by atoms with van der Waals surface area (Å²) >= 11 is 1.64. The van der Waals surface area contributed by atoms with Crippen LogP contribution in [0.3, 0.4) is 0 Å². The number of piperidine rings is 1. The summed E-state index contributed by atoms with van der Waals surface area (Å²) in [4.78, 5) is 16.8. The van der Waals surface area contributed by atoms with Crippen molar-refractivity contribution in [2.75, 3.05) is 19.7 Å². The number of thiophene rings is 1. The van der Waals surface area contributed by atoms with Gasteiger partial charge in [-0.15, -0.1) is 11.3 Å². The number of amides is 1. The smallest absolute Gasteiger partial charge is 0.263 e. The van der Waals surface area contributed by atoms with Crippen molar-refractivity contribution >= 4 is 17.2 Å². The molecule has 0 spiro atoms. The lowest BCUT2D eigenvalue weighted by molar-refractivity contribution is 0.0537. The lowest BCUT2D eigenvalue weighted by atomic mass is 9.79. The quantitative estimate of drug-likeness (QED) is 0.862. The topological polar surface area (TPSA) is 55.6 Å². The van der Waals surface area contributed by atoms with Crippen LogP contribution in [0.15, 0.2) is 6.07 Å². The van der Waals surface area contributed by atoms with Gasteiger partial charge >= 0.3 is 0 Å². The average Bonchev–Trinajstić information content (AvgIpc) is 2.84. The van der Waals surface area contributed by atoms with Crippen LogP contribution < -0.4 is 5.73 Å². The van der Waals surface area contributed by atoms with Gasteiger partial charge in [-0.2, -0.15) is 0 Å². The number of carbonyl (C=O) groups is 1. The standard InChI is InChI=1S/C15H22N2O2S/c1-15(2)9-17(5-3-13(15)16)14(18)12-7-10-8-19-6-4-11(10)20-12/h7,13H,3-6,8-9,16H2,1-2H3. The van der Waals surface area contributed by atoms with Gasteiger partial charge in [0.05, 0.1) is 18.1 Å². The van der Waals surface area contributed by atoms with Gasteiger partial charge < -0.3 is 15.4 Å². The number of nitrogens with two attached hydrogens (primary N) is 1. The Morgan fingerprint density at radius 1 is 1.55 bits per heavy atom. The van der Waals surface area contributed by atoms with Crippen LogP contribution in [0.1, 0.15) is 40.4 Å². The van der Waals surface area contributed by atoms with Gasteiger partial charge in [-0.25, -0.2) is 0 Å². The van der Waals surface area contributed by atoms with Crippen LogP contribution in [-0.2, 0) is 17.8 Å². The summed E-state index contributed by atoms with van der Waals surface area (Å²) in [5.41, 5.74) is 7.33. The van der Waals surface area contributed by atoms with Crippen molar-refractivity contribution in [3.8, 4) is 0 Å². The molecule has 2 aliphatic heterocycles. The molecule has 1 unspecified atom stereocenters. The molecular weight excluding hydrogens is 272 g/mol. The molecule has 0 radical (unpaired) electrons. The molecule has 20 heavy (non-hydrogen) atoms. The zero-order valence-electron chi connectivity index (χ0n) is 12.1. The molecule has 2 N–H and O–H groups in total. The molecule has 2 aliphatic rings. The number of hydrogen-bond donors (Lipinski definition) is 1. The van der Waals surface area contributed by atoms with Gasteiger partial charge in [0.1, 0.15) is 0 Å². The number of hydrogen-bond acceptors (Lipinski definition) is 4. The highest BCUT2D eigenvalue weighted by Crippen LogP contribution is 2.32. The highest BCUT2D eigenvalue weighted by Gasteiger charge is 2.36. The van der Waals surface area contributed by atoms with Crippen molar-refractivity contribution in [2.24, 2.45) is 11.1 Å². The molecule has 3 heterocycles. The Morgan fingerprint density at radius 2 is 2.35 bits per heavy atom. The van der Waals surface area contributed by atoms with Crippen molar-refractivity contribution in [1.29, 1.82) is 0 Å². The molecule has 0 aliphatic carbocycles. The minimum absolute atomic E-state index is 0.00605. The summed E-state index contributed by atoms with van der Waals surface area (Å²) in [6.45, 7) is 7.21. The second-order valence-corrected chi connectivity index (χ2v) is 7.61. The van der Waals surface area contributed by atoms with Gasteiger partial charge in [-0.3, -0.25) is 4.79 Å². The normalized spacial score (nSPS) is 25.4. The van der Waals surface area contributed by atoms with Crippen LogP contribution in [0.25, 0.3) is 0 Å². The minimum Gasteiger partial charge on any atom is -0.376 e. The van der Waals surface area contributed by atoms with E-state index in [1.165, 1.54) is 10.4 Å². The van der Waals surface area contributed by atoms with Crippen molar-refractivity contribution in [1.82, 2.24) is 4.90 Å². The Balaban J connectivity index is 1.77. The first-order valence-corrected chi connectivity index (χ1v) is 8.03. The molecule has 110 valence electrons. The SMILES string of the molecule is CC1(C)CN(C(=O)c2cc3c(s2)CCOC3)CCC1N. The molecule has 1 atom stereocenters. The zero-order chi connectivity index (χ0) is 14.3. The van der Waals surface area contributed by atoms with Crippen LogP contribution in [0.5, 0.6) is 0 Å². The van der Waals surface area contributed by atoms with Crippen LogP contribution in [0.4, 0.5) is 0 Å². The molecule has 4 nitrogen and oxygen atoms in total. The largest absolute Gasteiger partial charge is 0.376 e. The maximum absolute atomic E-state index is 12.7. The minimum atomic E-state index is -0.00605. The van der Waals surface area contributed by atoms with Gasteiger partial charge in [0.25, 0.3) is 5.91 Å². The third kappa shape index (κ3) is 2.50. The fraction of sp³-hybridized carbons (Fsp3) is 0.667. The Hall–Kier alpha value is -0.910. The van der Waals surface area contributed by atoms with E-state index in [1.54, 1.807) is 11.3 Å². The summed E-state index contributed by atoms with van der Waals surface area (Å²) in [7, 11) is 0. The van der Waals surface area contributed by atoms with Crippen LogP contribution >= 0.6 is 11.3 Å². The maximum Gasteiger partial charge on any atom is 0.263 e. The second kappa shape index (κ2) is 5.13. The molecule has 0 bridgehead atoms. The van der Waals surface area contributed by atoms with Crippen LogP contribution in [0.2, 0.25) is 0 Å². The molecule has 1 amide bonds. The van der Waals surface area contributed by atoms with E-state index in [1.807, 2.05) is 11.0 Å². The van der Waals surface area contributed by atoms with Crippen molar-refractivity contribution in [2.45, 2.75) is 39.3 Å². The average molecular weight is 294 g/mol. The first kappa shape index (κ1) is 14.0. The fourth-order valence-electron chi connectivity index (χ4n) is 2.96. The Kier molecular flexibility index (Phi) is 3.60. The Labute approximate surface area is 123 Å². The van der Waals surface area contributed by atoms with Gasteiger partial charge in [-0.05, 0) is 23.5 Å². The molecule has 1 aromatic rings. The third-order valence-corrected chi connectivity index (χ3v) is 5.66. The van der Waals surface area contributed by atoms with E-state index in [-0.39, 0.29) is 17.4 Å². The number of fused-ring (bicyclic) bond motifs is 1. The Morgan fingerprint density at radius 3 is 3.05 bits per heavy atom. The van der Waals surface area contributed by atoms with Gasteiger partial charge in [0, 0.05) is 30.4 Å². The molecule has 1 fully saturated rings. The number of carbonyl (C=O) groups excluding carboxylic acids is 1. The predicted molar refractivity (Wildman–Crippen MR) is 80.0 cm³/mol. The predicted octanol–water partition coefficient (Wildman–Crippen LogP) is 2.02. The first-order chi connectivity index (χ1) is 9.47. The molecular formula is C15H22N2O2S. The zero-order valence-corrected chi connectivity index (χ0v) is 13.0. The van der Waals surface area contributed by atoms with Gasteiger partial charge in [-0.1, -0.05) is 13.8 Å². The van der Waals surface area contributed by atoms with Crippen LogP contribution in [0, 0.1) is 5.41 Å². The van der Waals surface area contributed by atoms with E-state index < -0.39 is 0 Å². The van der Waals surface area contributed by atoms with E-state index in [2.05, 4.69) is 13.8 Å². The Bertz CT molecular complexity index is 500. The summed E-state index contributed by atoms with van der Waals surface area (Å²) in [6.07, 6.45) is 1.82. The number of rotatable bonds is 1. The maximum atomic E-state index is 12.7. The summed E-state index contributed by atoms with van der Waals surface area (Å²) in [6, 6.07) is 2.19.